The molecule has 2 bridgehead atoms. The first-order valence-corrected chi connectivity index (χ1v) is 8.01. The molecule has 2 aliphatic heterocycles. The largest absolute Gasteiger partial charge is 0.444 e. The number of nitriles is 1. The number of amides is 1. The number of hydrogen-bond donors (Lipinski definition) is 1. The zero-order chi connectivity index (χ0) is 16.6. The molecule has 6 heteroatoms. The van der Waals surface area contributed by atoms with Gasteiger partial charge in [0.1, 0.15) is 17.5 Å². The van der Waals surface area contributed by atoms with Crippen molar-refractivity contribution in [1.82, 2.24) is 9.88 Å². The van der Waals surface area contributed by atoms with Gasteiger partial charge in [-0.25, -0.2) is 9.78 Å². The molecule has 2 aliphatic rings. The molecule has 0 radical (unpaired) electrons. The van der Waals surface area contributed by atoms with Gasteiger partial charge in [0.15, 0.2) is 0 Å². The average molecular weight is 314 g/mol. The lowest BCUT2D eigenvalue weighted by molar-refractivity contribution is 0.0214. The highest BCUT2D eigenvalue weighted by Gasteiger charge is 2.49. The van der Waals surface area contributed by atoms with E-state index in [1.165, 1.54) is 0 Å². The molecule has 122 valence electrons. The molecule has 1 aromatic heterocycles. The van der Waals surface area contributed by atoms with E-state index < -0.39 is 5.60 Å². The maximum atomic E-state index is 12.4. The van der Waals surface area contributed by atoms with Crippen molar-refractivity contribution in [3.8, 4) is 6.07 Å². The van der Waals surface area contributed by atoms with E-state index in [9.17, 15) is 4.79 Å². The van der Waals surface area contributed by atoms with Crippen LogP contribution in [0.3, 0.4) is 0 Å². The maximum Gasteiger partial charge on any atom is 0.410 e. The summed E-state index contributed by atoms with van der Waals surface area (Å²) in [6, 6.07) is 6.18. The Labute approximate surface area is 136 Å². The highest BCUT2D eigenvalue weighted by molar-refractivity contribution is 5.70. The van der Waals surface area contributed by atoms with E-state index >= 15 is 0 Å². The molecule has 1 N–H and O–H groups in total. The maximum absolute atomic E-state index is 12.4. The summed E-state index contributed by atoms with van der Waals surface area (Å²) in [5.41, 5.74) is 0.0651. The monoisotopic (exact) mass is 314 g/mol. The first-order chi connectivity index (χ1) is 10.9. The van der Waals surface area contributed by atoms with E-state index in [2.05, 4.69) is 16.4 Å². The van der Waals surface area contributed by atoms with Crippen LogP contribution in [0.1, 0.15) is 45.6 Å². The topological polar surface area (TPSA) is 78.2 Å². The third-order valence-corrected chi connectivity index (χ3v) is 4.37. The fourth-order valence-electron chi connectivity index (χ4n) is 3.48. The number of carbonyl (C=O) groups excluding carboxylic acids is 1. The molecule has 2 saturated heterocycles. The molecule has 0 aromatic carbocycles. The van der Waals surface area contributed by atoms with Crippen LogP contribution in [0.5, 0.6) is 0 Å². The van der Waals surface area contributed by atoms with Gasteiger partial charge < -0.3 is 15.0 Å². The summed E-state index contributed by atoms with van der Waals surface area (Å²) >= 11 is 0. The lowest BCUT2D eigenvalue weighted by Gasteiger charge is -2.28. The number of carbonyl (C=O) groups is 1. The normalized spacial score (nSPS) is 26.0. The molecule has 3 heterocycles. The number of aromatic nitrogens is 1. The third-order valence-electron chi connectivity index (χ3n) is 4.37. The van der Waals surface area contributed by atoms with Crippen LogP contribution < -0.4 is 5.32 Å². The van der Waals surface area contributed by atoms with Crippen molar-refractivity contribution in [2.75, 3.05) is 5.32 Å². The van der Waals surface area contributed by atoms with Crippen LogP contribution in [0.15, 0.2) is 18.3 Å². The number of rotatable bonds is 2. The van der Waals surface area contributed by atoms with Crippen LogP contribution in [-0.4, -0.2) is 39.7 Å². The second-order valence-electron chi connectivity index (χ2n) is 7.22. The first kappa shape index (κ1) is 15.6. The summed E-state index contributed by atoms with van der Waals surface area (Å²) in [4.78, 5) is 18.6. The number of nitrogens with zero attached hydrogens (tertiary/aromatic N) is 3. The van der Waals surface area contributed by atoms with Crippen LogP contribution in [0.4, 0.5) is 10.6 Å². The van der Waals surface area contributed by atoms with Gasteiger partial charge >= 0.3 is 6.09 Å². The molecular weight excluding hydrogens is 292 g/mol. The first-order valence-electron chi connectivity index (χ1n) is 8.01. The van der Waals surface area contributed by atoms with Gasteiger partial charge in [-0.2, -0.15) is 5.26 Å². The van der Waals surface area contributed by atoms with Crippen molar-refractivity contribution in [1.29, 1.82) is 5.26 Å². The lowest BCUT2D eigenvalue weighted by atomic mass is 9.95. The van der Waals surface area contributed by atoms with E-state index in [0.29, 0.717) is 5.56 Å². The van der Waals surface area contributed by atoms with E-state index in [1.54, 1.807) is 12.3 Å². The summed E-state index contributed by atoms with van der Waals surface area (Å²) in [6.45, 7) is 5.66. The molecular formula is C17H22N4O2. The Hall–Kier alpha value is -2.29. The van der Waals surface area contributed by atoms with Crippen LogP contribution in [0, 0.1) is 11.3 Å². The summed E-state index contributed by atoms with van der Waals surface area (Å²) in [7, 11) is 0. The summed E-state index contributed by atoms with van der Waals surface area (Å²) in [5, 5.41) is 12.2. The van der Waals surface area contributed by atoms with Gasteiger partial charge in [0.2, 0.25) is 0 Å². The predicted molar refractivity (Wildman–Crippen MR) is 85.9 cm³/mol. The van der Waals surface area contributed by atoms with Crippen molar-refractivity contribution in [3.05, 3.63) is 23.9 Å². The minimum absolute atomic E-state index is 0.146. The Morgan fingerprint density at radius 3 is 2.83 bits per heavy atom. The number of pyridine rings is 1. The smallest absolute Gasteiger partial charge is 0.410 e. The Morgan fingerprint density at radius 1 is 1.43 bits per heavy atom. The summed E-state index contributed by atoms with van der Waals surface area (Å²) in [6.07, 6.45) is 4.26. The van der Waals surface area contributed by atoms with E-state index in [4.69, 9.17) is 10.00 Å². The molecule has 3 atom stereocenters. The van der Waals surface area contributed by atoms with Gasteiger partial charge in [-0.15, -0.1) is 0 Å². The second kappa shape index (κ2) is 5.73. The van der Waals surface area contributed by atoms with Crippen molar-refractivity contribution < 1.29 is 9.53 Å². The standard InChI is InChI=1S/C17H22N4O2/c1-17(2,3)23-16(22)21-12-5-6-14(21)13(8-12)20-15-7-4-11(9-18)10-19-15/h4,7,10,12-14H,5-6,8H2,1-3H3,(H,19,20)/t12-,13-,14+/m1/s1. The number of nitrogens with one attached hydrogen (secondary N) is 1. The Morgan fingerprint density at radius 2 is 2.22 bits per heavy atom. The molecule has 3 rings (SSSR count). The van der Waals surface area contributed by atoms with Crippen LogP contribution in [0.25, 0.3) is 0 Å². The second-order valence-corrected chi connectivity index (χ2v) is 7.22. The SMILES string of the molecule is CC(C)(C)OC(=O)N1[C@@H]2CC[C@H]1[C@H](Nc1ccc(C#N)cn1)C2. The minimum Gasteiger partial charge on any atom is -0.444 e. The van der Waals surface area contributed by atoms with E-state index in [-0.39, 0.29) is 24.2 Å². The number of anilines is 1. The van der Waals surface area contributed by atoms with Crippen LogP contribution in [-0.2, 0) is 4.74 Å². The van der Waals surface area contributed by atoms with Gasteiger partial charge in [-0.3, -0.25) is 0 Å². The summed E-state index contributed by atoms with van der Waals surface area (Å²) in [5.74, 6) is 0.741. The highest BCUT2D eigenvalue weighted by Crippen LogP contribution is 2.39. The zero-order valence-electron chi connectivity index (χ0n) is 13.7. The third kappa shape index (κ3) is 3.24. The molecule has 23 heavy (non-hydrogen) atoms. The van der Waals surface area contributed by atoms with Crippen molar-refractivity contribution >= 4 is 11.9 Å². The molecule has 6 nitrogen and oxygen atoms in total. The van der Waals surface area contributed by atoms with Crippen molar-refractivity contribution in [2.45, 2.75) is 63.8 Å². The van der Waals surface area contributed by atoms with Gasteiger partial charge in [0.25, 0.3) is 0 Å². The van der Waals surface area contributed by atoms with Crippen molar-refractivity contribution in [3.63, 3.8) is 0 Å². The Kier molecular flexibility index (Phi) is 3.88. The number of fused-ring (bicyclic) bond motifs is 2. The lowest BCUT2D eigenvalue weighted by Crippen LogP contribution is -2.42. The molecule has 1 amide bonds. The van der Waals surface area contributed by atoms with Gasteiger partial charge in [0.05, 0.1) is 17.6 Å². The minimum atomic E-state index is -0.475. The van der Waals surface area contributed by atoms with Crippen molar-refractivity contribution in [2.24, 2.45) is 0 Å². The fourth-order valence-corrected chi connectivity index (χ4v) is 3.48. The van der Waals surface area contributed by atoms with E-state index in [0.717, 1.165) is 25.1 Å². The molecule has 1 aromatic rings. The van der Waals surface area contributed by atoms with Gasteiger partial charge in [-0.1, -0.05) is 0 Å². The quantitative estimate of drug-likeness (QED) is 0.908. The zero-order valence-corrected chi connectivity index (χ0v) is 13.7. The van der Waals surface area contributed by atoms with Gasteiger partial charge in [0, 0.05) is 12.2 Å². The molecule has 0 aliphatic carbocycles. The molecule has 0 unspecified atom stereocenters. The molecule has 0 saturated carbocycles. The van der Waals surface area contributed by atoms with E-state index in [1.807, 2.05) is 31.7 Å². The Balaban J connectivity index is 1.67. The highest BCUT2D eigenvalue weighted by atomic mass is 16.6. The molecule has 0 spiro atoms. The molecule has 2 fully saturated rings. The van der Waals surface area contributed by atoms with Crippen LogP contribution >= 0.6 is 0 Å². The number of hydrogen-bond acceptors (Lipinski definition) is 5. The number of ether oxygens (including phenoxy) is 1. The predicted octanol–water partition coefficient (Wildman–Crippen LogP) is 2.91. The summed E-state index contributed by atoms with van der Waals surface area (Å²) < 4.78 is 5.54. The average Bonchev–Trinajstić information content (AvgIpc) is 3.04. The fraction of sp³-hybridized carbons (Fsp3) is 0.588. The Bertz CT molecular complexity index is 629. The van der Waals surface area contributed by atoms with Crippen LogP contribution in [0.2, 0.25) is 0 Å². The van der Waals surface area contributed by atoms with Gasteiger partial charge in [-0.05, 0) is 52.2 Å².